The van der Waals surface area contributed by atoms with Gasteiger partial charge >= 0.3 is 0 Å². The van der Waals surface area contributed by atoms with Crippen molar-refractivity contribution in [3.8, 4) is 0 Å². The quantitative estimate of drug-likeness (QED) is 0.607. The van der Waals surface area contributed by atoms with Crippen LogP contribution in [0.2, 0.25) is 0 Å². The van der Waals surface area contributed by atoms with Crippen LogP contribution in [0.25, 0.3) is 0 Å². The molecule has 0 fully saturated rings. The van der Waals surface area contributed by atoms with Crippen LogP contribution in [0, 0.1) is 5.92 Å². The molecule has 0 saturated carbocycles. The molecule has 1 nitrogen and oxygen atoms in total. The molecule has 0 spiro atoms. The summed E-state index contributed by atoms with van der Waals surface area (Å²) in [5, 5.41) is 9.62. The SMILES string of the molecule is CC=CC(CCCC)C(O)CC. The summed E-state index contributed by atoms with van der Waals surface area (Å²) in [4.78, 5) is 0. The van der Waals surface area contributed by atoms with Crippen molar-refractivity contribution in [3.05, 3.63) is 12.2 Å². The average Bonchev–Trinajstić information content (AvgIpc) is 2.11. The fourth-order valence-corrected chi connectivity index (χ4v) is 1.41. The predicted molar refractivity (Wildman–Crippen MR) is 54.1 cm³/mol. The van der Waals surface area contributed by atoms with Crippen molar-refractivity contribution in [2.75, 3.05) is 0 Å². The normalized spacial score (nSPS) is 16.7. The minimum absolute atomic E-state index is 0.146. The molecule has 0 aromatic heterocycles. The number of hydrogen-bond donors (Lipinski definition) is 1. The third-order valence-corrected chi connectivity index (χ3v) is 2.24. The lowest BCUT2D eigenvalue weighted by molar-refractivity contribution is 0.120. The van der Waals surface area contributed by atoms with Gasteiger partial charge in [0.25, 0.3) is 0 Å². The predicted octanol–water partition coefficient (Wildman–Crippen LogP) is 3.14. The first-order valence-corrected chi connectivity index (χ1v) is 5.07. The van der Waals surface area contributed by atoms with Crippen molar-refractivity contribution < 1.29 is 5.11 Å². The molecule has 2 atom stereocenters. The smallest absolute Gasteiger partial charge is 0.0600 e. The van der Waals surface area contributed by atoms with E-state index in [0.29, 0.717) is 5.92 Å². The van der Waals surface area contributed by atoms with Crippen LogP contribution < -0.4 is 0 Å². The van der Waals surface area contributed by atoms with Crippen LogP contribution in [0.5, 0.6) is 0 Å². The highest BCUT2D eigenvalue weighted by Crippen LogP contribution is 2.16. The average molecular weight is 170 g/mol. The van der Waals surface area contributed by atoms with Crippen molar-refractivity contribution in [2.45, 2.75) is 52.6 Å². The molecule has 0 amide bonds. The van der Waals surface area contributed by atoms with Gasteiger partial charge in [-0.15, -0.1) is 0 Å². The van der Waals surface area contributed by atoms with E-state index in [1.54, 1.807) is 0 Å². The van der Waals surface area contributed by atoms with E-state index in [4.69, 9.17) is 0 Å². The van der Waals surface area contributed by atoms with Gasteiger partial charge in [0.1, 0.15) is 0 Å². The molecular weight excluding hydrogens is 148 g/mol. The van der Waals surface area contributed by atoms with E-state index >= 15 is 0 Å². The maximum absolute atomic E-state index is 9.62. The van der Waals surface area contributed by atoms with E-state index in [2.05, 4.69) is 13.0 Å². The van der Waals surface area contributed by atoms with E-state index in [-0.39, 0.29) is 6.10 Å². The van der Waals surface area contributed by atoms with Crippen molar-refractivity contribution in [3.63, 3.8) is 0 Å². The summed E-state index contributed by atoms with van der Waals surface area (Å²) in [6.07, 6.45) is 8.43. The van der Waals surface area contributed by atoms with Crippen LogP contribution in [-0.4, -0.2) is 11.2 Å². The van der Waals surface area contributed by atoms with Gasteiger partial charge in [-0.1, -0.05) is 38.8 Å². The van der Waals surface area contributed by atoms with Gasteiger partial charge < -0.3 is 5.11 Å². The summed E-state index contributed by atoms with van der Waals surface area (Å²) in [6, 6.07) is 0. The molecule has 1 N–H and O–H groups in total. The van der Waals surface area contributed by atoms with E-state index in [9.17, 15) is 5.11 Å². The first-order chi connectivity index (χ1) is 5.76. The molecule has 0 radical (unpaired) electrons. The Kier molecular flexibility index (Phi) is 7.17. The maximum atomic E-state index is 9.62. The van der Waals surface area contributed by atoms with Crippen molar-refractivity contribution in [2.24, 2.45) is 5.92 Å². The minimum Gasteiger partial charge on any atom is -0.393 e. The summed E-state index contributed by atoms with van der Waals surface area (Å²) >= 11 is 0. The van der Waals surface area contributed by atoms with Crippen LogP contribution in [0.1, 0.15) is 46.5 Å². The lowest BCUT2D eigenvalue weighted by Gasteiger charge is -2.17. The molecule has 0 aliphatic carbocycles. The first-order valence-electron chi connectivity index (χ1n) is 5.07. The van der Waals surface area contributed by atoms with E-state index in [1.165, 1.54) is 12.8 Å². The Labute approximate surface area is 76.5 Å². The van der Waals surface area contributed by atoms with Gasteiger partial charge in [0.05, 0.1) is 6.10 Å². The summed E-state index contributed by atoms with van der Waals surface area (Å²) in [5.74, 6) is 0.375. The Morgan fingerprint density at radius 2 is 2.00 bits per heavy atom. The Balaban J connectivity index is 3.85. The van der Waals surface area contributed by atoms with Crippen LogP contribution >= 0.6 is 0 Å². The highest BCUT2D eigenvalue weighted by Gasteiger charge is 2.12. The van der Waals surface area contributed by atoms with E-state index < -0.39 is 0 Å². The lowest BCUT2D eigenvalue weighted by Crippen LogP contribution is -2.17. The monoisotopic (exact) mass is 170 g/mol. The van der Waals surface area contributed by atoms with Gasteiger partial charge in [-0.25, -0.2) is 0 Å². The molecule has 0 heterocycles. The van der Waals surface area contributed by atoms with Crippen LogP contribution in [-0.2, 0) is 0 Å². The topological polar surface area (TPSA) is 20.2 Å². The zero-order valence-electron chi connectivity index (χ0n) is 8.59. The second-order valence-corrected chi connectivity index (χ2v) is 3.31. The van der Waals surface area contributed by atoms with Crippen molar-refractivity contribution >= 4 is 0 Å². The van der Waals surface area contributed by atoms with Gasteiger partial charge in [-0.3, -0.25) is 0 Å². The number of hydrogen-bond acceptors (Lipinski definition) is 1. The van der Waals surface area contributed by atoms with Gasteiger partial charge in [-0.05, 0) is 19.8 Å². The second-order valence-electron chi connectivity index (χ2n) is 3.31. The molecule has 0 bridgehead atoms. The van der Waals surface area contributed by atoms with Crippen LogP contribution in [0.15, 0.2) is 12.2 Å². The number of rotatable bonds is 6. The summed E-state index contributed by atoms with van der Waals surface area (Å²) in [5.41, 5.74) is 0. The molecule has 2 unspecified atom stereocenters. The van der Waals surface area contributed by atoms with Gasteiger partial charge in [0.2, 0.25) is 0 Å². The number of unbranched alkanes of at least 4 members (excludes halogenated alkanes) is 1. The number of aliphatic hydroxyl groups excluding tert-OH is 1. The molecule has 0 aliphatic heterocycles. The fourth-order valence-electron chi connectivity index (χ4n) is 1.41. The van der Waals surface area contributed by atoms with Gasteiger partial charge in [-0.2, -0.15) is 0 Å². The summed E-state index contributed by atoms with van der Waals surface area (Å²) < 4.78 is 0. The maximum Gasteiger partial charge on any atom is 0.0600 e. The van der Waals surface area contributed by atoms with Crippen molar-refractivity contribution in [1.82, 2.24) is 0 Å². The third kappa shape index (κ3) is 4.55. The molecule has 0 saturated heterocycles. The molecule has 0 aliphatic rings. The van der Waals surface area contributed by atoms with Crippen molar-refractivity contribution in [1.29, 1.82) is 0 Å². The van der Waals surface area contributed by atoms with E-state index in [1.807, 2.05) is 19.9 Å². The number of aliphatic hydroxyl groups is 1. The zero-order valence-corrected chi connectivity index (χ0v) is 8.59. The minimum atomic E-state index is -0.146. The largest absolute Gasteiger partial charge is 0.393 e. The Morgan fingerprint density at radius 3 is 2.42 bits per heavy atom. The highest BCUT2D eigenvalue weighted by atomic mass is 16.3. The lowest BCUT2D eigenvalue weighted by atomic mass is 9.94. The fraction of sp³-hybridized carbons (Fsp3) is 0.818. The third-order valence-electron chi connectivity index (χ3n) is 2.24. The summed E-state index contributed by atoms with van der Waals surface area (Å²) in [7, 11) is 0. The molecule has 72 valence electrons. The Bertz CT molecular complexity index is 118. The van der Waals surface area contributed by atoms with Gasteiger partial charge in [0.15, 0.2) is 0 Å². The zero-order chi connectivity index (χ0) is 9.40. The molecule has 1 heteroatoms. The standard InChI is InChI=1S/C11H22O/c1-4-7-9-10(8-5-2)11(12)6-3/h5,8,10-12H,4,6-7,9H2,1-3H3. The molecule has 0 aromatic carbocycles. The summed E-state index contributed by atoms with van der Waals surface area (Å²) in [6.45, 7) is 6.24. The van der Waals surface area contributed by atoms with Crippen LogP contribution in [0.3, 0.4) is 0 Å². The molecule has 0 aromatic rings. The molecular formula is C11H22O. The molecule has 0 rings (SSSR count). The highest BCUT2D eigenvalue weighted by molar-refractivity contribution is 4.89. The van der Waals surface area contributed by atoms with Crippen LogP contribution in [0.4, 0.5) is 0 Å². The van der Waals surface area contributed by atoms with Gasteiger partial charge in [0, 0.05) is 5.92 Å². The first kappa shape index (κ1) is 11.7. The van der Waals surface area contributed by atoms with E-state index in [0.717, 1.165) is 12.8 Å². The number of allylic oxidation sites excluding steroid dienone is 1. The second kappa shape index (κ2) is 7.35. The Hall–Kier alpha value is -0.300. The molecule has 12 heavy (non-hydrogen) atoms. The Morgan fingerprint density at radius 1 is 1.33 bits per heavy atom.